The van der Waals surface area contributed by atoms with Crippen molar-refractivity contribution < 1.29 is 18.0 Å². The third kappa shape index (κ3) is 5.73. The van der Waals surface area contributed by atoms with Gasteiger partial charge in [-0.3, -0.25) is 4.79 Å². The lowest BCUT2D eigenvalue weighted by Gasteiger charge is -2.22. The van der Waals surface area contributed by atoms with Gasteiger partial charge in [0.25, 0.3) is 0 Å². The van der Waals surface area contributed by atoms with Gasteiger partial charge in [-0.25, -0.2) is 0 Å². The van der Waals surface area contributed by atoms with Crippen molar-refractivity contribution in [3.8, 4) is 0 Å². The Morgan fingerprint density at radius 1 is 1.26 bits per heavy atom. The molecule has 1 aromatic heterocycles. The summed E-state index contributed by atoms with van der Waals surface area (Å²) in [6, 6.07) is 8.48. The average Bonchev–Trinajstić information content (AvgIpc) is 2.97. The molecule has 0 fully saturated rings. The molecular weight excluding hydrogens is 347 g/mol. The van der Waals surface area contributed by atoms with Crippen LogP contribution >= 0.6 is 22.9 Å². The Morgan fingerprint density at radius 3 is 2.61 bits per heavy atom. The zero-order valence-corrected chi connectivity index (χ0v) is 13.5. The fraction of sp³-hybridized carbons (Fsp3) is 0.188. The summed E-state index contributed by atoms with van der Waals surface area (Å²) in [5.74, 6) is -0.714. The standard InChI is InChI=1S/C16H13ClF3NOS/c17-14-4-2-1-3-13(14)5-6-15(22)21(11-16(18,19)20)9-12-7-8-23-10-12/h1-8,10H,9,11H2/b6-5+. The van der Waals surface area contributed by atoms with Crippen LogP contribution in [0.3, 0.4) is 0 Å². The van der Waals surface area contributed by atoms with Gasteiger partial charge < -0.3 is 4.90 Å². The van der Waals surface area contributed by atoms with E-state index >= 15 is 0 Å². The lowest BCUT2D eigenvalue weighted by molar-refractivity contribution is -0.159. The monoisotopic (exact) mass is 359 g/mol. The highest BCUT2D eigenvalue weighted by molar-refractivity contribution is 7.07. The number of benzene rings is 1. The number of carbonyl (C=O) groups is 1. The highest BCUT2D eigenvalue weighted by atomic mass is 35.5. The molecule has 1 aromatic carbocycles. The van der Waals surface area contributed by atoms with E-state index in [1.54, 1.807) is 41.1 Å². The van der Waals surface area contributed by atoms with Gasteiger partial charge in [-0.15, -0.1) is 0 Å². The first-order valence-corrected chi connectivity index (χ1v) is 7.96. The molecule has 7 heteroatoms. The van der Waals surface area contributed by atoms with E-state index in [2.05, 4.69) is 0 Å². The van der Waals surface area contributed by atoms with Gasteiger partial charge in [0.2, 0.25) is 5.91 Å². The maximum atomic E-state index is 12.7. The third-order valence-corrected chi connectivity index (χ3v) is 4.02. The molecule has 2 aromatic rings. The Labute approximate surface area is 140 Å². The number of carbonyl (C=O) groups excluding carboxylic acids is 1. The van der Waals surface area contributed by atoms with Crippen molar-refractivity contribution in [3.05, 3.63) is 63.3 Å². The van der Waals surface area contributed by atoms with Gasteiger partial charge in [0.15, 0.2) is 0 Å². The van der Waals surface area contributed by atoms with Crippen LogP contribution in [0.15, 0.2) is 47.2 Å². The molecule has 0 saturated heterocycles. The Morgan fingerprint density at radius 2 is 2.00 bits per heavy atom. The maximum Gasteiger partial charge on any atom is 0.406 e. The molecule has 0 aliphatic rings. The second-order valence-corrected chi connectivity index (χ2v) is 5.98. The molecular formula is C16H13ClF3NOS. The summed E-state index contributed by atoms with van der Waals surface area (Å²) >= 11 is 7.32. The van der Waals surface area contributed by atoms with Crippen molar-refractivity contribution in [1.29, 1.82) is 0 Å². The Kier molecular flexibility index (Phi) is 5.85. The Hall–Kier alpha value is -1.79. The average molecular weight is 360 g/mol. The molecule has 1 amide bonds. The second kappa shape index (κ2) is 7.66. The smallest absolute Gasteiger partial charge is 0.326 e. The fourth-order valence-corrected chi connectivity index (χ4v) is 2.77. The van der Waals surface area contributed by atoms with E-state index in [-0.39, 0.29) is 6.54 Å². The van der Waals surface area contributed by atoms with Crippen molar-refractivity contribution in [2.75, 3.05) is 6.54 Å². The number of hydrogen-bond acceptors (Lipinski definition) is 2. The van der Waals surface area contributed by atoms with Crippen LogP contribution in [-0.4, -0.2) is 23.5 Å². The fourth-order valence-electron chi connectivity index (χ4n) is 1.91. The van der Waals surface area contributed by atoms with Gasteiger partial charge in [0.05, 0.1) is 0 Å². The zero-order valence-electron chi connectivity index (χ0n) is 11.9. The number of amides is 1. The van der Waals surface area contributed by atoms with Gasteiger partial charge in [0, 0.05) is 17.6 Å². The number of hydrogen-bond donors (Lipinski definition) is 0. The Balaban J connectivity index is 2.14. The summed E-state index contributed by atoms with van der Waals surface area (Å²) in [5.41, 5.74) is 1.24. The van der Waals surface area contributed by atoms with E-state index in [0.717, 1.165) is 11.0 Å². The second-order valence-electron chi connectivity index (χ2n) is 4.80. The molecule has 0 bridgehead atoms. The maximum absolute atomic E-state index is 12.7. The van der Waals surface area contributed by atoms with Gasteiger partial charge in [0.1, 0.15) is 6.54 Å². The minimum absolute atomic E-state index is 0.0886. The normalized spacial score (nSPS) is 11.8. The van der Waals surface area contributed by atoms with Crippen LogP contribution < -0.4 is 0 Å². The van der Waals surface area contributed by atoms with Crippen LogP contribution in [0.5, 0.6) is 0 Å². The molecule has 2 rings (SSSR count). The number of rotatable bonds is 5. The highest BCUT2D eigenvalue weighted by Crippen LogP contribution is 2.20. The Bertz CT molecular complexity index is 683. The lowest BCUT2D eigenvalue weighted by atomic mass is 10.2. The van der Waals surface area contributed by atoms with Crippen LogP contribution in [0.1, 0.15) is 11.1 Å². The molecule has 1 heterocycles. The van der Waals surface area contributed by atoms with Crippen molar-refractivity contribution in [2.45, 2.75) is 12.7 Å². The molecule has 0 unspecified atom stereocenters. The van der Waals surface area contributed by atoms with Gasteiger partial charge in [-0.05, 0) is 40.1 Å². The van der Waals surface area contributed by atoms with Crippen LogP contribution in [0, 0.1) is 0 Å². The SMILES string of the molecule is O=C(/C=C/c1ccccc1Cl)N(Cc1ccsc1)CC(F)(F)F. The number of nitrogens with zero attached hydrogens (tertiary/aromatic N) is 1. The topological polar surface area (TPSA) is 20.3 Å². The first kappa shape index (κ1) is 17.6. The highest BCUT2D eigenvalue weighted by Gasteiger charge is 2.32. The van der Waals surface area contributed by atoms with Crippen LogP contribution in [-0.2, 0) is 11.3 Å². The van der Waals surface area contributed by atoms with Crippen molar-refractivity contribution in [1.82, 2.24) is 4.90 Å². The van der Waals surface area contributed by atoms with Gasteiger partial charge in [-0.2, -0.15) is 24.5 Å². The molecule has 2 nitrogen and oxygen atoms in total. The number of thiophene rings is 1. The summed E-state index contributed by atoms with van der Waals surface area (Å²) in [7, 11) is 0. The molecule has 0 radical (unpaired) electrons. The van der Waals surface area contributed by atoms with E-state index in [1.165, 1.54) is 17.4 Å². The summed E-state index contributed by atoms with van der Waals surface area (Å²) < 4.78 is 38.1. The zero-order chi connectivity index (χ0) is 16.9. The van der Waals surface area contributed by atoms with Gasteiger partial charge >= 0.3 is 6.18 Å². The van der Waals surface area contributed by atoms with Crippen LogP contribution in [0.4, 0.5) is 13.2 Å². The predicted octanol–water partition coefficient (Wildman–Crippen LogP) is 5.01. The van der Waals surface area contributed by atoms with Crippen molar-refractivity contribution in [2.24, 2.45) is 0 Å². The molecule has 23 heavy (non-hydrogen) atoms. The molecule has 0 N–H and O–H groups in total. The predicted molar refractivity (Wildman–Crippen MR) is 86.3 cm³/mol. The first-order valence-electron chi connectivity index (χ1n) is 6.64. The van der Waals surface area contributed by atoms with Crippen LogP contribution in [0.2, 0.25) is 5.02 Å². The quantitative estimate of drug-likeness (QED) is 0.687. The third-order valence-electron chi connectivity index (χ3n) is 2.95. The molecule has 0 saturated carbocycles. The molecule has 0 aliphatic carbocycles. The summed E-state index contributed by atoms with van der Waals surface area (Å²) in [5, 5.41) is 3.90. The molecule has 122 valence electrons. The number of halogens is 4. The molecule has 0 atom stereocenters. The minimum atomic E-state index is -4.45. The van der Waals surface area contributed by atoms with Crippen LogP contribution in [0.25, 0.3) is 6.08 Å². The molecule has 0 spiro atoms. The minimum Gasteiger partial charge on any atom is -0.326 e. The van der Waals surface area contributed by atoms with E-state index in [4.69, 9.17) is 11.6 Å². The van der Waals surface area contributed by atoms with E-state index in [1.807, 2.05) is 0 Å². The van der Waals surface area contributed by atoms with Gasteiger partial charge in [-0.1, -0.05) is 29.8 Å². The largest absolute Gasteiger partial charge is 0.406 e. The van der Waals surface area contributed by atoms with Crippen molar-refractivity contribution in [3.63, 3.8) is 0 Å². The molecule has 0 aliphatic heterocycles. The first-order chi connectivity index (χ1) is 10.8. The lowest BCUT2D eigenvalue weighted by Crippen LogP contribution is -2.37. The summed E-state index contributed by atoms with van der Waals surface area (Å²) in [6.45, 7) is -1.39. The summed E-state index contributed by atoms with van der Waals surface area (Å²) in [6.07, 6.45) is -1.93. The van der Waals surface area contributed by atoms with E-state index in [0.29, 0.717) is 16.1 Å². The van der Waals surface area contributed by atoms with E-state index < -0.39 is 18.6 Å². The van der Waals surface area contributed by atoms with Crippen molar-refractivity contribution >= 4 is 34.9 Å². The number of alkyl halides is 3. The van der Waals surface area contributed by atoms with E-state index in [9.17, 15) is 18.0 Å². The summed E-state index contributed by atoms with van der Waals surface area (Å²) in [4.78, 5) is 12.9.